The van der Waals surface area contributed by atoms with Gasteiger partial charge >= 0.3 is 0 Å². The van der Waals surface area contributed by atoms with E-state index in [1.807, 2.05) is 11.8 Å². The molecular formula is C6H13NS2. The summed E-state index contributed by atoms with van der Waals surface area (Å²) in [6.45, 7) is 4.48. The normalized spacial score (nSPS) is 36.0. The molecular weight excluding hydrogens is 150 g/mol. The molecule has 0 bridgehead atoms. The van der Waals surface area contributed by atoms with Gasteiger partial charge in [-0.2, -0.15) is 0 Å². The summed E-state index contributed by atoms with van der Waals surface area (Å²) in [7, 11) is 0. The average molecular weight is 163 g/mol. The zero-order valence-corrected chi connectivity index (χ0v) is 7.51. The summed E-state index contributed by atoms with van der Waals surface area (Å²) in [6, 6.07) is 0.678. The third-order valence-corrected chi connectivity index (χ3v) is 3.19. The molecule has 0 aromatic heterocycles. The van der Waals surface area contributed by atoms with Crippen LogP contribution < -0.4 is 5.32 Å². The van der Waals surface area contributed by atoms with Crippen LogP contribution in [0.25, 0.3) is 0 Å². The highest BCUT2D eigenvalue weighted by atomic mass is 32.2. The minimum atomic E-state index is 0.373. The van der Waals surface area contributed by atoms with E-state index in [-0.39, 0.29) is 0 Å². The van der Waals surface area contributed by atoms with Crippen molar-refractivity contribution in [1.29, 1.82) is 0 Å². The fourth-order valence-electron chi connectivity index (χ4n) is 0.859. The Kier molecular flexibility index (Phi) is 2.73. The van der Waals surface area contributed by atoms with Crippen LogP contribution in [0.3, 0.4) is 0 Å². The Balaban J connectivity index is 2.30. The molecule has 1 rings (SSSR count). The fourth-order valence-corrected chi connectivity index (χ4v) is 2.45. The lowest BCUT2D eigenvalue weighted by Gasteiger charge is -2.13. The molecule has 0 radical (unpaired) electrons. The molecule has 0 amide bonds. The topological polar surface area (TPSA) is 12.0 Å². The minimum absolute atomic E-state index is 0.373. The number of nitrogens with one attached hydrogen (secondary N) is 1. The number of hydrogen-bond acceptors (Lipinski definition) is 3. The second-order valence-corrected chi connectivity index (χ2v) is 4.71. The quantitative estimate of drug-likeness (QED) is 0.569. The van der Waals surface area contributed by atoms with Crippen LogP contribution in [0.15, 0.2) is 0 Å². The van der Waals surface area contributed by atoms with E-state index in [4.69, 9.17) is 0 Å². The Labute approximate surface area is 66.4 Å². The van der Waals surface area contributed by atoms with Gasteiger partial charge in [0.15, 0.2) is 0 Å². The summed E-state index contributed by atoms with van der Waals surface area (Å²) in [6.07, 6.45) is 0. The van der Waals surface area contributed by atoms with Crippen molar-refractivity contribution in [3.8, 4) is 0 Å². The van der Waals surface area contributed by atoms with Crippen molar-refractivity contribution >= 4 is 24.4 Å². The van der Waals surface area contributed by atoms with Crippen LogP contribution >= 0.6 is 24.4 Å². The van der Waals surface area contributed by atoms with Gasteiger partial charge in [0.2, 0.25) is 0 Å². The Morgan fingerprint density at radius 1 is 1.67 bits per heavy atom. The molecule has 1 aliphatic rings. The molecule has 0 spiro atoms. The van der Waals surface area contributed by atoms with Crippen LogP contribution in [-0.2, 0) is 0 Å². The molecule has 9 heavy (non-hydrogen) atoms. The minimum Gasteiger partial charge on any atom is -0.293 e. The number of hydrogen-bond donors (Lipinski definition) is 2. The Morgan fingerprint density at radius 3 is 2.56 bits per heavy atom. The van der Waals surface area contributed by atoms with Crippen molar-refractivity contribution < 1.29 is 0 Å². The van der Waals surface area contributed by atoms with E-state index in [9.17, 15) is 0 Å². The van der Waals surface area contributed by atoms with E-state index in [1.54, 1.807) is 0 Å². The summed E-state index contributed by atoms with van der Waals surface area (Å²) >= 11 is 6.18. The lowest BCUT2D eigenvalue weighted by molar-refractivity contribution is 0.468. The first-order chi connectivity index (χ1) is 4.20. The van der Waals surface area contributed by atoms with Crippen LogP contribution in [0.5, 0.6) is 0 Å². The third-order valence-electron chi connectivity index (χ3n) is 1.60. The lowest BCUT2D eigenvalue weighted by Crippen LogP contribution is -2.31. The van der Waals surface area contributed by atoms with Crippen LogP contribution in [0.4, 0.5) is 0 Å². The van der Waals surface area contributed by atoms with Crippen LogP contribution in [0.2, 0.25) is 0 Å². The van der Waals surface area contributed by atoms with E-state index in [0.717, 1.165) is 5.92 Å². The smallest absolute Gasteiger partial charge is 0.0976 e. The molecule has 0 aromatic rings. The Hall–Kier alpha value is 0.660. The molecule has 0 aliphatic carbocycles. The summed E-state index contributed by atoms with van der Waals surface area (Å²) in [5, 5.41) is 3.38. The van der Waals surface area contributed by atoms with Gasteiger partial charge in [0.25, 0.3) is 0 Å². The maximum absolute atomic E-state index is 4.30. The molecule has 1 heterocycles. The first-order valence-corrected chi connectivity index (χ1v) is 4.82. The van der Waals surface area contributed by atoms with Crippen molar-refractivity contribution in [2.75, 3.05) is 5.75 Å². The predicted octanol–water partition coefficient (Wildman–Crippen LogP) is 1.56. The van der Waals surface area contributed by atoms with E-state index in [0.29, 0.717) is 10.7 Å². The van der Waals surface area contributed by atoms with Crippen LogP contribution in [-0.4, -0.2) is 16.5 Å². The van der Waals surface area contributed by atoms with Gasteiger partial charge in [-0.3, -0.25) is 5.32 Å². The van der Waals surface area contributed by atoms with Gasteiger partial charge in [-0.25, -0.2) is 0 Å². The van der Waals surface area contributed by atoms with Crippen LogP contribution in [0, 0.1) is 5.92 Å². The highest BCUT2D eigenvalue weighted by molar-refractivity contribution is 8.10. The number of thioether (sulfide) groups is 1. The molecule has 0 saturated carbocycles. The highest BCUT2D eigenvalue weighted by Gasteiger charge is 2.23. The molecule has 1 aliphatic heterocycles. The van der Waals surface area contributed by atoms with Crippen molar-refractivity contribution in [1.82, 2.24) is 5.32 Å². The maximum atomic E-state index is 4.30. The van der Waals surface area contributed by atoms with Crippen molar-refractivity contribution in [3.63, 3.8) is 0 Å². The fraction of sp³-hybridized carbons (Fsp3) is 1.00. The monoisotopic (exact) mass is 163 g/mol. The van der Waals surface area contributed by atoms with E-state index >= 15 is 0 Å². The molecule has 1 fully saturated rings. The zero-order chi connectivity index (χ0) is 6.85. The number of rotatable bonds is 1. The van der Waals surface area contributed by atoms with Crippen molar-refractivity contribution in [3.05, 3.63) is 0 Å². The summed E-state index contributed by atoms with van der Waals surface area (Å²) < 4.78 is 0.373. The maximum Gasteiger partial charge on any atom is 0.0976 e. The SMILES string of the molecule is CC(C)[C@H]1CSC(S)N1. The summed E-state index contributed by atoms with van der Waals surface area (Å²) in [4.78, 5) is 0. The zero-order valence-electron chi connectivity index (χ0n) is 5.79. The summed E-state index contributed by atoms with van der Waals surface area (Å²) in [5.74, 6) is 1.96. The van der Waals surface area contributed by atoms with Crippen LogP contribution in [0.1, 0.15) is 13.8 Å². The molecule has 54 valence electrons. The lowest BCUT2D eigenvalue weighted by atomic mass is 10.1. The number of thiol groups is 1. The van der Waals surface area contributed by atoms with Gasteiger partial charge in [-0.15, -0.1) is 24.4 Å². The molecule has 3 heteroatoms. The van der Waals surface area contributed by atoms with Gasteiger partial charge < -0.3 is 0 Å². The standard InChI is InChI=1S/C6H13NS2/c1-4(2)5-3-9-6(8)7-5/h4-8H,3H2,1-2H3/t5-,6?/m1/s1. The van der Waals surface area contributed by atoms with Gasteiger partial charge in [0.1, 0.15) is 0 Å². The van der Waals surface area contributed by atoms with Crippen molar-refractivity contribution in [2.24, 2.45) is 5.92 Å². The second kappa shape index (κ2) is 3.17. The van der Waals surface area contributed by atoms with E-state index in [1.165, 1.54) is 5.75 Å². The predicted molar refractivity (Wildman–Crippen MR) is 47.0 cm³/mol. The Morgan fingerprint density at radius 2 is 2.33 bits per heavy atom. The summed E-state index contributed by atoms with van der Waals surface area (Å²) in [5.41, 5.74) is 0. The van der Waals surface area contributed by atoms with E-state index in [2.05, 4.69) is 31.8 Å². The molecule has 1 nitrogen and oxygen atoms in total. The largest absolute Gasteiger partial charge is 0.293 e. The van der Waals surface area contributed by atoms with E-state index < -0.39 is 0 Å². The molecule has 1 unspecified atom stereocenters. The highest BCUT2D eigenvalue weighted by Crippen LogP contribution is 2.24. The molecule has 1 saturated heterocycles. The molecule has 1 N–H and O–H groups in total. The Bertz CT molecular complexity index is 95.1. The third kappa shape index (κ3) is 2.06. The van der Waals surface area contributed by atoms with Gasteiger partial charge in [-0.1, -0.05) is 13.8 Å². The first-order valence-electron chi connectivity index (χ1n) is 3.26. The van der Waals surface area contributed by atoms with Gasteiger partial charge in [0, 0.05) is 11.8 Å². The first kappa shape index (κ1) is 7.76. The van der Waals surface area contributed by atoms with Crippen molar-refractivity contribution in [2.45, 2.75) is 24.6 Å². The molecule has 2 atom stereocenters. The molecule has 0 aromatic carbocycles. The average Bonchev–Trinajstić information content (AvgIpc) is 2.14. The van der Waals surface area contributed by atoms with Gasteiger partial charge in [0.05, 0.1) is 4.71 Å². The van der Waals surface area contributed by atoms with Gasteiger partial charge in [-0.05, 0) is 5.92 Å². The second-order valence-electron chi connectivity index (χ2n) is 2.70.